The molecule has 0 bridgehead atoms. The minimum Gasteiger partial charge on any atom is -0.310 e. The van der Waals surface area contributed by atoms with E-state index in [0.29, 0.717) is 6.04 Å². The minimum atomic E-state index is 0.506. The van der Waals surface area contributed by atoms with Crippen molar-refractivity contribution in [3.05, 3.63) is 30.1 Å². The van der Waals surface area contributed by atoms with Crippen molar-refractivity contribution in [2.24, 2.45) is 5.92 Å². The fraction of sp³-hybridized carbons (Fsp3) is 0.706. The highest BCUT2D eigenvalue weighted by Crippen LogP contribution is 2.32. The molecule has 1 saturated carbocycles. The van der Waals surface area contributed by atoms with Crippen LogP contribution in [0.4, 0.5) is 0 Å². The van der Waals surface area contributed by atoms with Crippen LogP contribution in [0.5, 0.6) is 0 Å². The number of rotatable bonds is 5. The molecule has 0 radical (unpaired) electrons. The van der Waals surface area contributed by atoms with E-state index in [4.69, 9.17) is 0 Å². The van der Waals surface area contributed by atoms with Crippen molar-refractivity contribution in [2.75, 3.05) is 6.54 Å². The van der Waals surface area contributed by atoms with Gasteiger partial charge in [0.15, 0.2) is 0 Å². The van der Waals surface area contributed by atoms with Crippen LogP contribution in [0.1, 0.15) is 69.9 Å². The van der Waals surface area contributed by atoms with Gasteiger partial charge < -0.3 is 5.32 Å². The Balaban J connectivity index is 2.06. The Hall–Kier alpha value is -0.890. The summed E-state index contributed by atoms with van der Waals surface area (Å²) < 4.78 is 0. The summed E-state index contributed by atoms with van der Waals surface area (Å²) in [5.41, 5.74) is 1.38. The molecule has 2 rings (SSSR count). The summed E-state index contributed by atoms with van der Waals surface area (Å²) in [5.74, 6) is 0.788. The summed E-state index contributed by atoms with van der Waals surface area (Å²) in [6.07, 6.45) is 14.9. The molecule has 1 aromatic rings. The topological polar surface area (TPSA) is 24.9 Å². The third-order valence-electron chi connectivity index (χ3n) is 4.28. The Bertz CT molecular complexity index is 328. The molecule has 1 aromatic heterocycles. The van der Waals surface area contributed by atoms with Gasteiger partial charge in [-0.25, -0.2) is 0 Å². The second-order valence-electron chi connectivity index (χ2n) is 5.82. The maximum Gasteiger partial charge on any atom is 0.0363 e. The van der Waals surface area contributed by atoms with Gasteiger partial charge >= 0.3 is 0 Å². The molecular weight excluding hydrogens is 232 g/mol. The van der Waals surface area contributed by atoms with Gasteiger partial charge in [0.2, 0.25) is 0 Å². The summed E-state index contributed by atoms with van der Waals surface area (Å²) in [6.45, 7) is 3.35. The van der Waals surface area contributed by atoms with Gasteiger partial charge in [0.1, 0.15) is 0 Å². The normalized spacial score (nSPS) is 19.6. The number of nitrogens with zero attached hydrogens (tertiary/aromatic N) is 1. The van der Waals surface area contributed by atoms with Gasteiger partial charge in [-0.1, -0.05) is 45.1 Å². The largest absolute Gasteiger partial charge is 0.310 e. The first-order valence-electron chi connectivity index (χ1n) is 8.05. The zero-order valence-corrected chi connectivity index (χ0v) is 12.3. The molecule has 2 heteroatoms. The first-order valence-corrected chi connectivity index (χ1v) is 8.05. The van der Waals surface area contributed by atoms with Crippen LogP contribution in [0.15, 0.2) is 24.5 Å². The molecule has 1 aliphatic carbocycles. The summed E-state index contributed by atoms with van der Waals surface area (Å²) in [5, 5.41) is 3.76. The van der Waals surface area contributed by atoms with Crippen LogP contribution < -0.4 is 5.32 Å². The van der Waals surface area contributed by atoms with Crippen LogP contribution in [0.25, 0.3) is 0 Å². The lowest BCUT2D eigenvalue weighted by molar-refractivity contribution is 0.288. The highest BCUT2D eigenvalue weighted by atomic mass is 14.9. The van der Waals surface area contributed by atoms with Crippen LogP contribution in [-0.2, 0) is 0 Å². The monoisotopic (exact) mass is 260 g/mol. The molecule has 0 amide bonds. The summed E-state index contributed by atoms with van der Waals surface area (Å²) in [4.78, 5) is 4.31. The molecule has 0 saturated heterocycles. The SMILES string of the molecule is CCCNC(c1cccnc1)C1CCCCCCC1. The Morgan fingerprint density at radius 1 is 1.21 bits per heavy atom. The highest BCUT2D eigenvalue weighted by molar-refractivity contribution is 5.15. The van der Waals surface area contributed by atoms with Crippen LogP contribution in [0, 0.1) is 5.92 Å². The van der Waals surface area contributed by atoms with E-state index in [1.807, 2.05) is 12.4 Å². The maximum absolute atomic E-state index is 4.31. The van der Waals surface area contributed by atoms with Crippen LogP contribution in [0.2, 0.25) is 0 Å². The highest BCUT2D eigenvalue weighted by Gasteiger charge is 2.23. The average molecular weight is 260 g/mol. The first-order chi connectivity index (χ1) is 9.42. The van der Waals surface area contributed by atoms with Crippen molar-refractivity contribution in [3.8, 4) is 0 Å². The van der Waals surface area contributed by atoms with E-state index in [2.05, 4.69) is 29.4 Å². The Morgan fingerprint density at radius 3 is 2.58 bits per heavy atom. The van der Waals surface area contributed by atoms with Gasteiger partial charge in [-0.2, -0.15) is 0 Å². The number of hydrogen-bond acceptors (Lipinski definition) is 2. The molecule has 0 spiro atoms. The molecular formula is C17H28N2. The van der Waals surface area contributed by atoms with Crippen molar-refractivity contribution >= 4 is 0 Å². The quantitative estimate of drug-likeness (QED) is 0.844. The van der Waals surface area contributed by atoms with Crippen LogP contribution >= 0.6 is 0 Å². The van der Waals surface area contributed by atoms with E-state index >= 15 is 0 Å². The molecule has 2 nitrogen and oxygen atoms in total. The van der Waals surface area contributed by atoms with E-state index in [0.717, 1.165) is 12.5 Å². The lowest BCUT2D eigenvalue weighted by atomic mass is 9.83. The molecule has 1 atom stereocenters. The molecule has 106 valence electrons. The molecule has 19 heavy (non-hydrogen) atoms. The van der Waals surface area contributed by atoms with E-state index in [-0.39, 0.29) is 0 Å². The molecule has 0 aromatic carbocycles. The molecule has 1 unspecified atom stereocenters. The number of pyridine rings is 1. The van der Waals surface area contributed by atoms with Crippen molar-refractivity contribution in [1.29, 1.82) is 0 Å². The van der Waals surface area contributed by atoms with E-state index in [9.17, 15) is 0 Å². The maximum atomic E-state index is 4.31. The zero-order chi connectivity index (χ0) is 13.3. The minimum absolute atomic E-state index is 0.506. The van der Waals surface area contributed by atoms with Crippen LogP contribution in [0.3, 0.4) is 0 Å². The summed E-state index contributed by atoms with van der Waals surface area (Å²) in [7, 11) is 0. The van der Waals surface area contributed by atoms with Crippen LogP contribution in [-0.4, -0.2) is 11.5 Å². The number of aromatic nitrogens is 1. The third-order valence-corrected chi connectivity index (χ3v) is 4.28. The van der Waals surface area contributed by atoms with E-state index in [1.54, 1.807) is 0 Å². The molecule has 1 aliphatic rings. The fourth-order valence-electron chi connectivity index (χ4n) is 3.24. The smallest absolute Gasteiger partial charge is 0.0363 e. The lowest BCUT2D eigenvalue weighted by Crippen LogP contribution is -2.29. The number of nitrogens with one attached hydrogen (secondary N) is 1. The summed E-state index contributed by atoms with van der Waals surface area (Å²) >= 11 is 0. The van der Waals surface area contributed by atoms with Crippen molar-refractivity contribution < 1.29 is 0 Å². The second-order valence-corrected chi connectivity index (χ2v) is 5.82. The van der Waals surface area contributed by atoms with Gasteiger partial charge in [-0.3, -0.25) is 4.98 Å². The van der Waals surface area contributed by atoms with Crippen molar-refractivity contribution in [3.63, 3.8) is 0 Å². The van der Waals surface area contributed by atoms with Gasteiger partial charge in [-0.15, -0.1) is 0 Å². The molecule has 1 N–H and O–H groups in total. The predicted molar refractivity (Wildman–Crippen MR) is 81.1 cm³/mol. The zero-order valence-electron chi connectivity index (χ0n) is 12.3. The van der Waals surface area contributed by atoms with E-state index < -0.39 is 0 Å². The Labute approximate surface area is 118 Å². The van der Waals surface area contributed by atoms with Gasteiger partial charge in [-0.05, 0) is 43.4 Å². The second kappa shape index (κ2) is 8.31. The molecule has 1 fully saturated rings. The van der Waals surface area contributed by atoms with E-state index in [1.165, 1.54) is 56.9 Å². The molecule has 0 aliphatic heterocycles. The average Bonchev–Trinajstić information content (AvgIpc) is 2.42. The summed E-state index contributed by atoms with van der Waals surface area (Å²) in [6, 6.07) is 4.81. The third kappa shape index (κ3) is 4.61. The van der Waals surface area contributed by atoms with Gasteiger partial charge in [0.05, 0.1) is 0 Å². The molecule has 1 heterocycles. The standard InChI is InChI=1S/C17H28N2/c1-2-12-19-17(16-11-8-13-18-14-16)15-9-6-4-3-5-7-10-15/h8,11,13-15,17,19H,2-7,9-10,12H2,1H3. The Kier molecular flexibility index (Phi) is 6.35. The number of hydrogen-bond donors (Lipinski definition) is 1. The van der Waals surface area contributed by atoms with Crippen molar-refractivity contribution in [1.82, 2.24) is 10.3 Å². The van der Waals surface area contributed by atoms with Gasteiger partial charge in [0, 0.05) is 18.4 Å². The Morgan fingerprint density at radius 2 is 1.95 bits per heavy atom. The first kappa shape index (κ1) is 14.5. The predicted octanol–water partition coefficient (Wildman–Crippen LogP) is 4.48. The fourth-order valence-corrected chi connectivity index (χ4v) is 3.24. The van der Waals surface area contributed by atoms with Gasteiger partial charge in [0.25, 0.3) is 0 Å². The lowest BCUT2D eigenvalue weighted by Gasteiger charge is -2.30. The van der Waals surface area contributed by atoms with Crippen molar-refractivity contribution in [2.45, 2.75) is 64.3 Å².